The number of carbonyl (C=O) groups is 3. The number of fused-ring (bicyclic) bond motifs is 1. The molecule has 1 aliphatic heterocycles. The van der Waals surface area contributed by atoms with Crippen LogP contribution in [0.1, 0.15) is 52.1 Å². The van der Waals surface area contributed by atoms with Crippen molar-refractivity contribution in [1.82, 2.24) is 0 Å². The van der Waals surface area contributed by atoms with E-state index in [4.69, 9.17) is 16.3 Å². The van der Waals surface area contributed by atoms with E-state index < -0.39 is 0 Å². The summed E-state index contributed by atoms with van der Waals surface area (Å²) in [5.74, 6) is -0.823. The first kappa shape index (κ1) is 22.6. The van der Waals surface area contributed by atoms with Crippen molar-refractivity contribution in [2.24, 2.45) is 0 Å². The predicted molar refractivity (Wildman–Crippen MR) is 128 cm³/mol. The SMILES string of the molecule is CC(=O)OC1CCCN(C(=O)c2ccc(NC(=O)c3ccccc3Cl)cc2)c2ccccc21. The van der Waals surface area contributed by atoms with Gasteiger partial charge in [0.1, 0.15) is 6.10 Å². The third-order valence-electron chi connectivity index (χ3n) is 5.48. The molecule has 0 aromatic heterocycles. The molecule has 33 heavy (non-hydrogen) atoms. The van der Waals surface area contributed by atoms with Crippen LogP contribution in [0.5, 0.6) is 0 Å². The highest BCUT2D eigenvalue weighted by Crippen LogP contribution is 2.36. The van der Waals surface area contributed by atoms with E-state index in [9.17, 15) is 14.4 Å². The fraction of sp³-hybridized carbons (Fsp3) is 0.192. The molecular weight excluding hydrogens is 440 g/mol. The van der Waals surface area contributed by atoms with E-state index in [1.807, 2.05) is 24.3 Å². The number of nitrogens with one attached hydrogen (secondary N) is 1. The van der Waals surface area contributed by atoms with E-state index in [1.165, 1.54) is 6.92 Å². The predicted octanol–water partition coefficient (Wildman–Crippen LogP) is 5.64. The molecule has 0 fully saturated rings. The molecule has 0 radical (unpaired) electrons. The van der Waals surface area contributed by atoms with E-state index in [-0.39, 0.29) is 23.9 Å². The molecular formula is C26H23ClN2O4. The van der Waals surface area contributed by atoms with Crippen molar-refractivity contribution in [2.45, 2.75) is 25.9 Å². The first-order valence-corrected chi connectivity index (χ1v) is 11.1. The standard InChI is InChI=1S/C26H23ClN2O4/c1-17(30)33-24-11-6-16-29(23-10-5-3-8-21(23)24)26(32)18-12-14-19(15-13-18)28-25(31)20-7-2-4-9-22(20)27/h2-5,7-10,12-15,24H,6,11,16H2,1H3,(H,28,31). The monoisotopic (exact) mass is 462 g/mol. The third kappa shape index (κ3) is 5.07. The Bertz CT molecular complexity index is 1190. The maximum Gasteiger partial charge on any atom is 0.303 e. The van der Waals surface area contributed by atoms with Crippen LogP contribution in [0.2, 0.25) is 5.02 Å². The highest BCUT2D eigenvalue weighted by molar-refractivity contribution is 6.34. The first-order valence-electron chi connectivity index (χ1n) is 10.7. The van der Waals surface area contributed by atoms with Gasteiger partial charge >= 0.3 is 5.97 Å². The Morgan fingerprint density at radius 2 is 1.67 bits per heavy atom. The number of carbonyl (C=O) groups excluding carboxylic acids is 3. The average Bonchev–Trinajstić information content (AvgIpc) is 2.99. The van der Waals surface area contributed by atoms with Crippen LogP contribution in [0.3, 0.4) is 0 Å². The minimum Gasteiger partial charge on any atom is -0.458 e. The van der Waals surface area contributed by atoms with Crippen LogP contribution in [0.4, 0.5) is 11.4 Å². The van der Waals surface area contributed by atoms with Crippen LogP contribution in [-0.2, 0) is 9.53 Å². The van der Waals surface area contributed by atoms with Gasteiger partial charge in [-0.2, -0.15) is 0 Å². The lowest BCUT2D eigenvalue weighted by molar-refractivity contribution is -0.147. The van der Waals surface area contributed by atoms with Gasteiger partial charge in [-0.25, -0.2) is 0 Å². The maximum atomic E-state index is 13.4. The van der Waals surface area contributed by atoms with Gasteiger partial charge < -0.3 is 15.0 Å². The Labute approximate surface area is 197 Å². The molecule has 1 aliphatic rings. The molecule has 1 atom stereocenters. The molecule has 1 unspecified atom stereocenters. The summed E-state index contributed by atoms with van der Waals surface area (Å²) in [4.78, 5) is 39.1. The van der Waals surface area contributed by atoms with Crippen molar-refractivity contribution in [3.05, 3.63) is 94.5 Å². The van der Waals surface area contributed by atoms with Crippen molar-refractivity contribution in [3.8, 4) is 0 Å². The summed E-state index contributed by atoms with van der Waals surface area (Å²) in [7, 11) is 0. The van der Waals surface area contributed by atoms with Crippen molar-refractivity contribution in [3.63, 3.8) is 0 Å². The lowest BCUT2D eigenvalue weighted by Gasteiger charge is -2.24. The van der Waals surface area contributed by atoms with Crippen LogP contribution < -0.4 is 10.2 Å². The molecule has 7 heteroatoms. The summed E-state index contributed by atoms with van der Waals surface area (Å²) >= 11 is 6.09. The summed E-state index contributed by atoms with van der Waals surface area (Å²) in [6.07, 6.45) is 0.969. The van der Waals surface area contributed by atoms with Crippen molar-refractivity contribution >= 4 is 40.8 Å². The molecule has 0 spiro atoms. The summed E-state index contributed by atoms with van der Waals surface area (Å²) in [5, 5.41) is 3.17. The van der Waals surface area contributed by atoms with E-state index in [1.54, 1.807) is 53.4 Å². The summed E-state index contributed by atoms with van der Waals surface area (Å²) in [6.45, 7) is 1.90. The number of nitrogens with zero attached hydrogens (tertiary/aromatic N) is 1. The largest absolute Gasteiger partial charge is 0.458 e. The number of amides is 2. The fourth-order valence-electron chi connectivity index (χ4n) is 3.95. The summed E-state index contributed by atoms with van der Waals surface area (Å²) < 4.78 is 5.50. The Balaban J connectivity index is 1.53. The van der Waals surface area contributed by atoms with Crippen LogP contribution >= 0.6 is 11.6 Å². The van der Waals surface area contributed by atoms with E-state index in [0.717, 1.165) is 11.3 Å². The highest BCUT2D eigenvalue weighted by Gasteiger charge is 2.28. The van der Waals surface area contributed by atoms with Gasteiger partial charge in [-0.05, 0) is 55.3 Å². The highest BCUT2D eigenvalue weighted by atomic mass is 35.5. The van der Waals surface area contributed by atoms with E-state index in [0.29, 0.717) is 41.2 Å². The number of hydrogen-bond donors (Lipinski definition) is 1. The zero-order valence-electron chi connectivity index (χ0n) is 18.1. The number of benzene rings is 3. The molecule has 1 N–H and O–H groups in total. The van der Waals surface area contributed by atoms with Crippen LogP contribution in [0.25, 0.3) is 0 Å². The maximum absolute atomic E-state index is 13.4. The van der Waals surface area contributed by atoms with Crippen LogP contribution in [0.15, 0.2) is 72.8 Å². The molecule has 2 amide bonds. The lowest BCUT2D eigenvalue weighted by Crippen LogP contribution is -2.31. The van der Waals surface area contributed by atoms with Gasteiger partial charge in [0.25, 0.3) is 11.8 Å². The average molecular weight is 463 g/mol. The second-order valence-electron chi connectivity index (χ2n) is 7.77. The summed E-state index contributed by atoms with van der Waals surface area (Å²) in [6, 6.07) is 21.0. The Morgan fingerprint density at radius 3 is 2.39 bits per heavy atom. The molecule has 0 saturated carbocycles. The lowest BCUT2D eigenvalue weighted by atomic mass is 10.0. The van der Waals surface area contributed by atoms with E-state index in [2.05, 4.69) is 5.32 Å². The topological polar surface area (TPSA) is 75.7 Å². The molecule has 168 valence electrons. The molecule has 0 saturated heterocycles. The normalized spacial score (nSPS) is 15.2. The molecule has 3 aromatic rings. The van der Waals surface area contributed by atoms with Gasteiger partial charge in [-0.15, -0.1) is 0 Å². The van der Waals surface area contributed by atoms with Gasteiger partial charge in [-0.3, -0.25) is 14.4 Å². The molecule has 1 heterocycles. The van der Waals surface area contributed by atoms with Gasteiger partial charge in [-0.1, -0.05) is 41.9 Å². The first-order chi connectivity index (χ1) is 15.9. The van der Waals surface area contributed by atoms with Crippen molar-refractivity contribution in [1.29, 1.82) is 0 Å². The van der Waals surface area contributed by atoms with Gasteiger partial charge in [0.2, 0.25) is 0 Å². The molecule has 0 aliphatic carbocycles. The zero-order chi connectivity index (χ0) is 23.4. The molecule has 0 bridgehead atoms. The van der Waals surface area contributed by atoms with Crippen LogP contribution in [0, 0.1) is 0 Å². The number of ether oxygens (including phenoxy) is 1. The number of anilines is 2. The number of para-hydroxylation sites is 1. The summed E-state index contributed by atoms with van der Waals surface area (Å²) in [5.41, 5.74) is 2.99. The quantitative estimate of drug-likeness (QED) is 0.509. The number of hydrogen-bond acceptors (Lipinski definition) is 4. The van der Waals surface area contributed by atoms with Crippen LogP contribution in [-0.4, -0.2) is 24.3 Å². The molecule has 3 aromatic carbocycles. The molecule has 6 nitrogen and oxygen atoms in total. The Hall–Kier alpha value is -3.64. The van der Waals surface area contributed by atoms with Gasteiger partial charge in [0.15, 0.2) is 0 Å². The Morgan fingerprint density at radius 1 is 0.970 bits per heavy atom. The van der Waals surface area contributed by atoms with Gasteiger partial charge in [0, 0.05) is 30.3 Å². The zero-order valence-corrected chi connectivity index (χ0v) is 18.8. The second kappa shape index (κ2) is 9.88. The Kier molecular flexibility index (Phi) is 6.75. The smallest absolute Gasteiger partial charge is 0.303 e. The minimum absolute atomic E-state index is 0.157. The number of halogens is 1. The van der Waals surface area contributed by atoms with Crippen molar-refractivity contribution in [2.75, 3.05) is 16.8 Å². The third-order valence-corrected chi connectivity index (χ3v) is 5.81. The van der Waals surface area contributed by atoms with Crippen molar-refractivity contribution < 1.29 is 19.1 Å². The van der Waals surface area contributed by atoms with Gasteiger partial charge in [0.05, 0.1) is 16.3 Å². The van der Waals surface area contributed by atoms with E-state index >= 15 is 0 Å². The minimum atomic E-state index is -0.376. The number of rotatable bonds is 4. The second-order valence-corrected chi connectivity index (χ2v) is 8.17. The number of esters is 1. The molecule has 4 rings (SSSR count). The fourth-order valence-corrected chi connectivity index (χ4v) is 4.17.